The molecule has 1 heteroatoms. The van der Waals surface area contributed by atoms with Crippen LogP contribution in [0.3, 0.4) is 0 Å². The SMILES string of the molecule is Cc1ccc([C@@H]2CCCC[C@@H]2C)cc1N. The van der Waals surface area contributed by atoms with Crippen molar-refractivity contribution in [3.8, 4) is 0 Å². The van der Waals surface area contributed by atoms with Gasteiger partial charge < -0.3 is 5.73 Å². The van der Waals surface area contributed by atoms with Gasteiger partial charge in [-0.3, -0.25) is 0 Å². The Morgan fingerprint density at radius 1 is 1.20 bits per heavy atom. The lowest BCUT2D eigenvalue weighted by Crippen LogP contribution is -2.15. The van der Waals surface area contributed by atoms with Crippen molar-refractivity contribution in [1.82, 2.24) is 0 Å². The summed E-state index contributed by atoms with van der Waals surface area (Å²) in [6.07, 6.45) is 5.49. The van der Waals surface area contributed by atoms with E-state index in [4.69, 9.17) is 5.73 Å². The van der Waals surface area contributed by atoms with Gasteiger partial charge in [-0.05, 0) is 42.4 Å². The highest BCUT2D eigenvalue weighted by Crippen LogP contribution is 2.38. The minimum Gasteiger partial charge on any atom is -0.399 e. The highest BCUT2D eigenvalue weighted by molar-refractivity contribution is 5.49. The largest absolute Gasteiger partial charge is 0.399 e. The summed E-state index contributed by atoms with van der Waals surface area (Å²) >= 11 is 0. The molecule has 1 nitrogen and oxygen atoms in total. The molecule has 1 fully saturated rings. The molecule has 2 atom stereocenters. The second-order valence-electron chi connectivity index (χ2n) is 4.98. The summed E-state index contributed by atoms with van der Waals surface area (Å²) < 4.78 is 0. The molecule has 0 saturated heterocycles. The first kappa shape index (κ1) is 10.5. The van der Waals surface area contributed by atoms with Crippen LogP contribution in [0.2, 0.25) is 0 Å². The summed E-state index contributed by atoms with van der Waals surface area (Å²) in [5.41, 5.74) is 9.57. The van der Waals surface area contributed by atoms with E-state index in [0.717, 1.165) is 17.5 Å². The predicted octanol–water partition coefficient (Wildman–Crippen LogP) is 3.87. The van der Waals surface area contributed by atoms with Crippen LogP contribution in [-0.4, -0.2) is 0 Å². The van der Waals surface area contributed by atoms with Gasteiger partial charge in [-0.1, -0.05) is 38.3 Å². The first-order chi connectivity index (χ1) is 7.18. The molecule has 0 bridgehead atoms. The number of nitrogen functional groups attached to an aromatic ring is 1. The first-order valence-electron chi connectivity index (χ1n) is 6.04. The van der Waals surface area contributed by atoms with Gasteiger partial charge in [0.15, 0.2) is 0 Å². The lowest BCUT2D eigenvalue weighted by atomic mass is 9.76. The number of benzene rings is 1. The van der Waals surface area contributed by atoms with Crippen molar-refractivity contribution < 1.29 is 0 Å². The van der Waals surface area contributed by atoms with Gasteiger partial charge >= 0.3 is 0 Å². The average Bonchev–Trinajstić information content (AvgIpc) is 2.23. The lowest BCUT2D eigenvalue weighted by molar-refractivity contribution is 0.330. The van der Waals surface area contributed by atoms with Crippen LogP contribution in [0.5, 0.6) is 0 Å². The van der Waals surface area contributed by atoms with E-state index in [1.165, 1.54) is 36.8 Å². The monoisotopic (exact) mass is 203 g/mol. The van der Waals surface area contributed by atoms with Crippen LogP contribution in [0.25, 0.3) is 0 Å². The number of hydrogen-bond acceptors (Lipinski definition) is 1. The van der Waals surface area contributed by atoms with Crippen LogP contribution in [-0.2, 0) is 0 Å². The molecule has 1 aromatic carbocycles. The quantitative estimate of drug-likeness (QED) is 0.689. The summed E-state index contributed by atoms with van der Waals surface area (Å²) in [4.78, 5) is 0. The maximum atomic E-state index is 5.97. The maximum absolute atomic E-state index is 5.97. The smallest absolute Gasteiger partial charge is 0.0346 e. The third-order valence-electron chi connectivity index (χ3n) is 3.84. The van der Waals surface area contributed by atoms with Crippen LogP contribution in [0.15, 0.2) is 18.2 Å². The summed E-state index contributed by atoms with van der Waals surface area (Å²) in [5, 5.41) is 0. The van der Waals surface area contributed by atoms with Gasteiger partial charge in [0.25, 0.3) is 0 Å². The Morgan fingerprint density at radius 2 is 1.93 bits per heavy atom. The van der Waals surface area contributed by atoms with Crippen LogP contribution >= 0.6 is 0 Å². The molecule has 1 aliphatic carbocycles. The van der Waals surface area contributed by atoms with Crippen LogP contribution in [0.1, 0.15) is 49.7 Å². The third-order valence-corrected chi connectivity index (χ3v) is 3.84. The fourth-order valence-corrected chi connectivity index (χ4v) is 2.70. The van der Waals surface area contributed by atoms with E-state index >= 15 is 0 Å². The lowest BCUT2D eigenvalue weighted by Gasteiger charge is -2.29. The van der Waals surface area contributed by atoms with E-state index in [-0.39, 0.29) is 0 Å². The zero-order valence-corrected chi connectivity index (χ0v) is 9.79. The molecule has 0 radical (unpaired) electrons. The molecule has 0 unspecified atom stereocenters. The Morgan fingerprint density at radius 3 is 2.60 bits per heavy atom. The number of rotatable bonds is 1. The van der Waals surface area contributed by atoms with Gasteiger partial charge in [0.1, 0.15) is 0 Å². The molecule has 2 N–H and O–H groups in total. The van der Waals surface area contributed by atoms with Crippen molar-refractivity contribution in [2.24, 2.45) is 5.92 Å². The molecule has 2 rings (SSSR count). The first-order valence-corrected chi connectivity index (χ1v) is 6.04. The molecule has 82 valence electrons. The highest BCUT2D eigenvalue weighted by atomic mass is 14.6. The number of anilines is 1. The second kappa shape index (κ2) is 4.26. The van der Waals surface area contributed by atoms with Crippen molar-refractivity contribution >= 4 is 5.69 Å². The fourth-order valence-electron chi connectivity index (χ4n) is 2.70. The predicted molar refractivity (Wildman–Crippen MR) is 66.0 cm³/mol. The number of aryl methyl sites for hydroxylation is 1. The van der Waals surface area contributed by atoms with E-state index in [9.17, 15) is 0 Å². The van der Waals surface area contributed by atoms with Gasteiger partial charge in [0, 0.05) is 5.69 Å². The minimum atomic E-state index is 0.738. The molecule has 0 spiro atoms. The molecule has 1 saturated carbocycles. The third kappa shape index (κ3) is 2.17. The minimum absolute atomic E-state index is 0.738. The van der Waals surface area contributed by atoms with Gasteiger partial charge in [0.2, 0.25) is 0 Å². The van der Waals surface area contributed by atoms with Gasteiger partial charge in [0.05, 0.1) is 0 Å². The van der Waals surface area contributed by atoms with E-state index in [1.807, 2.05) is 0 Å². The molecule has 0 heterocycles. The van der Waals surface area contributed by atoms with E-state index in [1.54, 1.807) is 0 Å². The van der Waals surface area contributed by atoms with Crippen molar-refractivity contribution in [1.29, 1.82) is 0 Å². The maximum Gasteiger partial charge on any atom is 0.0346 e. The molecule has 1 aliphatic rings. The molecule has 15 heavy (non-hydrogen) atoms. The molecule has 0 aliphatic heterocycles. The highest BCUT2D eigenvalue weighted by Gasteiger charge is 2.22. The second-order valence-corrected chi connectivity index (χ2v) is 4.98. The van der Waals surface area contributed by atoms with Gasteiger partial charge in [-0.2, -0.15) is 0 Å². The van der Waals surface area contributed by atoms with Crippen LogP contribution < -0.4 is 5.73 Å². The summed E-state index contributed by atoms with van der Waals surface area (Å²) in [6.45, 7) is 4.45. The topological polar surface area (TPSA) is 26.0 Å². The van der Waals surface area contributed by atoms with Crippen molar-refractivity contribution in [3.05, 3.63) is 29.3 Å². The zero-order valence-electron chi connectivity index (χ0n) is 9.79. The Labute approximate surface area is 92.7 Å². The van der Waals surface area contributed by atoms with Crippen molar-refractivity contribution in [2.45, 2.75) is 45.4 Å². The van der Waals surface area contributed by atoms with E-state index in [0.29, 0.717) is 0 Å². The number of nitrogens with two attached hydrogens (primary N) is 1. The Balaban J connectivity index is 2.24. The number of hydrogen-bond donors (Lipinski definition) is 1. The zero-order chi connectivity index (χ0) is 10.8. The van der Waals surface area contributed by atoms with Gasteiger partial charge in [-0.15, -0.1) is 0 Å². The molecule has 0 amide bonds. The molecular weight excluding hydrogens is 182 g/mol. The summed E-state index contributed by atoms with van der Waals surface area (Å²) in [5.74, 6) is 1.56. The summed E-state index contributed by atoms with van der Waals surface area (Å²) in [6, 6.07) is 6.60. The van der Waals surface area contributed by atoms with Crippen LogP contribution in [0.4, 0.5) is 5.69 Å². The van der Waals surface area contributed by atoms with E-state index in [2.05, 4.69) is 32.0 Å². The van der Waals surface area contributed by atoms with E-state index < -0.39 is 0 Å². The molecular formula is C14H21N. The Kier molecular flexibility index (Phi) is 2.99. The fraction of sp³-hybridized carbons (Fsp3) is 0.571. The molecule has 1 aromatic rings. The Hall–Kier alpha value is -0.980. The normalized spacial score (nSPS) is 26.5. The Bertz CT molecular complexity index is 343. The molecule has 0 aromatic heterocycles. The average molecular weight is 203 g/mol. The van der Waals surface area contributed by atoms with Crippen molar-refractivity contribution in [2.75, 3.05) is 5.73 Å². The standard InChI is InChI=1S/C14H21N/c1-10-5-3-4-6-13(10)12-8-7-11(2)14(15)9-12/h7-10,13H,3-6,15H2,1-2H3/t10-,13+/m0/s1. The van der Waals surface area contributed by atoms with Crippen LogP contribution in [0, 0.1) is 12.8 Å². The van der Waals surface area contributed by atoms with Gasteiger partial charge in [-0.25, -0.2) is 0 Å². The van der Waals surface area contributed by atoms with Crippen molar-refractivity contribution in [3.63, 3.8) is 0 Å². The summed E-state index contributed by atoms with van der Waals surface area (Å²) in [7, 11) is 0.